The minimum atomic E-state index is -0.115. The first-order valence-corrected chi connectivity index (χ1v) is 14.5. The molecular weight excluding hydrogens is 494 g/mol. The molecule has 0 aliphatic carbocycles. The molecule has 8 nitrogen and oxygen atoms in total. The van der Waals surface area contributed by atoms with E-state index in [4.69, 9.17) is 18.9 Å². The predicted molar refractivity (Wildman–Crippen MR) is 153 cm³/mol. The van der Waals surface area contributed by atoms with Gasteiger partial charge in [0.25, 0.3) is 0 Å². The van der Waals surface area contributed by atoms with E-state index in [9.17, 15) is 4.79 Å². The monoisotopic (exact) mass is 539 g/mol. The van der Waals surface area contributed by atoms with Gasteiger partial charge in [-0.1, -0.05) is 6.07 Å². The quantitative estimate of drug-likeness (QED) is 0.401. The maximum atomic E-state index is 13.8. The first-order chi connectivity index (χ1) is 19.0. The maximum Gasteiger partial charge on any atom is 0.237 e. The summed E-state index contributed by atoms with van der Waals surface area (Å²) in [5, 5.41) is 0. The highest BCUT2D eigenvalue weighted by molar-refractivity contribution is 5.79. The summed E-state index contributed by atoms with van der Waals surface area (Å²) in [7, 11) is 2.14. The number of piperazine rings is 1. The Morgan fingerprint density at radius 1 is 0.769 bits per heavy atom. The highest BCUT2D eigenvalue weighted by Crippen LogP contribution is 2.41. The second-order valence-electron chi connectivity index (χ2n) is 10.1. The summed E-state index contributed by atoms with van der Waals surface area (Å²) in [6.45, 7) is 15.1. The van der Waals surface area contributed by atoms with Crippen molar-refractivity contribution < 1.29 is 23.7 Å². The minimum absolute atomic E-state index is 0.115. The van der Waals surface area contributed by atoms with Gasteiger partial charge in [-0.15, -0.1) is 0 Å². The molecule has 1 saturated heterocycles. The summed E-state index contributed by atoms with van der Waals surface area (Å²) in [5.74, 6) is 3.17. The van der Waals surface area contributed by atoms with E-state index in [0.717, 1.165) is 66.7 Å². The number of benzene rings is 2. The van der Waals surface area contributed by atoms with Crippen LogP contribution >= 0.6 is 0 Å². The molecule has 4 rings (SSSR count). The van der Waals surface area contributed by atoms with E-state index < -0.39 is 0 Å². The van der Waals surface area contributed by atoms with Crippen LogP contribution < -0.4 is 18.9 Å². The average molecular weight is 540 g/mol. The fourth-order valence-electron chi connectivity index (χ4n) is 5.50. The number of rotatable bonds is 12. The van der Waals surface area contributed by atoms with E-state index in [2.05, 4.69) is 46.0 Å². The lowest BCUT2D eigenvalue weighted by atomic mass is 9.88. The van der Waals surface area contributed by atoms with Crippen LogP contribution in [0.1, 0.15) is 50.4 Å². The van der Waals surface area contributed by atoms with Gasteiger partial charge in [-0.3, -0.25) is 9.69 Å². The SMILES string of the molecule is CCOc1ccc(C[C@@H]2c3cc(OCC)c(OCC)cc3CCN2C(=O)CN2CCN(C)CC2)cc1OCC. The van der Waals surface area contributed by atoms with Crippen LogP contribution in [0.15, 0.2) is 30.3 Å². The molecule has 2 aromatic carbocycles. The Hall–Kier alpha value is -2.97. The third-order valence-electron chi connectivity index (χ3n) is 7.47. The van der Waals surface area contributed by atoms with E-state index in [0.29, 0.717) is 45.9 Å². The number of carbonyl (C=O) groups excluding carboxylic acids is 1. The van der Waals surface area contributed by atoms with Gasteiger partial charge in [-0.05, 0) is 88.5 Å². The Kier molecular flexibility index (Phi) is 10.3. The highest BCUT2D eigenvalue weighted by atomic mass is 16.5. The smallest absolute Gasteiger partial charge is 0.237 e. The van der Waals surface area contributed by atoms with Crippen molar-refractivity contribution in [2.24, 2.45) is 0 Å². The lowest BCUT2D eigenvalue weighted by Crippen LogP contribution is -2.50. The van der Waals surface area contributed by atoms with Crippen molar-refractivity contribution in [2.45, 2.75) is 46.6 Å². The van der Waals surface area contributed by atoms with E-state index in [1.54, 1.807) is 0 Å². The molecule has 0 unspecified atom stereocenters. The molecule has 0 aromatic heterocycles. The lowest BCUT2D eigenvalue weighted by Gasteiger charge is -2.40. The molecule has 0 bridgehead atoms. The van der Waals surface area contributed by atoms with Gasteiger partial charge in [-0.25, -0.2) is 0 Å². The number of amides is 1. The molecule has 2 heterocycles. The molecule has 0 radical (unpaired) electrons. The van der Waals surface area contributed by atoms with Crippen LogP contribution in [0.4, 0.5) is 0 Å². The molecule has 0 spiro atoms. The number of hydrogen-bond donors (Lipinski definition) is 0. The predicted octanol–water partition coefficient (Wildman–Crippen LogP) is 4.20. The Bertz CT molecular complexity index is 1100. The van der Waals surface area contributed by atoms with Gasteiger partial charge in [-0.2, -0.15) is 0 Å². The van der Waals surface area contributed by atoms with E-state index >= 15 is 0 Å². The van der Waals surface area contributed by atoms with Gasteiger partial charge >= 0.3 is 0 Å². The van der Waals surface area contributed by atoms with Crippen molar-refractivity contribution >= 4 is 5.91 Å². The zero-order valence-corrected chi connectivity index (χ0v) is 24.3. The number of nitrogens with zero attached hydrogens (tertiary/aromatic N) is 3. The molecular formula is C31H45N3O5. The van der Waals surface area contributed by atoms with Crippen molar-refractivity contribution in [2.75, 3.05) is 72.7 Å². The van der Waals surface area contributed by atoms with Crippen LogP contribution in [0, 0.1) is 0 Å². The number of carbonyl (C=O) groups is 1. The molecule has 0 saturated carbocycles. The van der Waals surface area contributed by atoms with Gasteiger partial charge in [0.2, 0.25) is 5.91 Å². The summed E-state index contributed by atoms with van der Waals surface area (Å²) in [4.78, 5) is 20.5. The molecule has 1 atom stereocenters. The second-order valence-corrected chi connectivity index (χ2v) is 10.1. The van der Waals surface area contributed by atoms with Crippen molar-refractivity contribution in [3.63, 3.8) is 0 Å². The van der Waals surface area contributed by atoms with Crippen LogP contribution in [0.3, 0.4) is 0 Å². The number of fused-ring (bicyclic) bond motifs is 1. The van der Waals surface area contributed by atoms with E-state index in [1.807, 2.05) is 33.8 Å². The fraction of sp³-hybridized carbons (Fsp3) is 0.581. The first-order valence-electron chi connectivity index (χ1n) is 14.5. The molecule has 2 aliphatic rings. The number of likely N-dealkylation sites (N-methyl/N-ethyl adjacent to an activating group) is 1. The minimum Gasteiger partial charge on any atom is -0.490 e. The van der Waals surface area contributed by atoms with Crippen molar-refractivity contribution in [3.8, 4) is 23.0 Å². The molecule has 0 N–H and O–H groups in total. The lowest BCUT2D eigenvalue weighted by molar-refractivity contribution is -0.135. The van der Waals surface area contributed by atoms with Gasteiger partial charge < -0.3 is 28.7 Å². The molecule has 2 aliphatic heterocycles. The zero-order chi connectivity index (χ0) is 27.8. The third-order valence-corrected chi connectivity index (χ3v) is 7.47. The van der Waals surface area contributed by atoms with Crippen LogP contribution in [0.5, 0.6) is 23.0 Å². The molecule has 1 fully saturated rings. The van der Waals surface area contributed by atoms with E-state index in [1.165, 1.54) is 5.56 Å². The maximum absolute atomic E-state index is 13.8. The summed E-state index contributed by atoms with van der Waals surface area (Å²) in [5.41, 5.74) is 3.45. The molecule has 8 heteroatoms. The summed E-state index contributed by atoms with van der Waals surface area (Å²) >= 11 is 0. The normalized spacial score (nSPS) is 18.0. The molecule has 1 amide bonds. The van der Waals surface area contributed by atoms with Gasteiger partial charge in [0.05, 0.1) is 39.0 Å². The van der Waals surface area contributed by atoms with Crippen molar-refractivity contribution in [3.05, 3.63) is 47.0 Å². The third kappa shape index (κ3) is 7.17. The number of hydrogen-bond acceptors (Lipinski definition) is 7. The Labute approximate surface area is 233 Å². The largest absolute Gasteiger partial charge is 0.490 e. The highest BCUT2D eigenvalue weighted by Gasteiger charge is 2.33. The van der Waals surface area contributed by atoms with Crippen molar-refractivity contribution in [1.29, 1.82) is 0 Å². The average Bonchev–Trinajstić information content (AvgIpc) is 2.92. The number of ether oxygens (including phenoxy) is 4. The van der Waals surface area contributed by atoms with E-state index in [-0.39, 0.29) is 11.9 Å². The zero-order valence-electron chi connectivity index (χ0n) is 24.3. The second kappa shape index (κ2) is 13.9. The van der Waals surface area contributed by atoms with Gasteiger partial charge in [0.15, 0.2) is 23.0 Å². The Morgan fingerprint density at radius 2 is 1.36 bits per heavy atom. The Morgan fingerprint density at radius 3 is 2.00 bits per heavy atom. The van der Waals surface area contributed by atoms with Crippen molar-refractivity contribution in [1.82, 2.24) is 14.7 Å². The fourth-order valence-corrected chi connectivity index (χ4v) is 5.50. The molecule has 39 heavy (non-hydrogen) atoms. The summed E-state index contributed by atoms with van der Waals surface area (Å²) < 4.78 is 23.6. The van der Waals surface area contributed by atoms with Gasteiger partial charge in [0, 0.05) is 32.7 Å². The molecule has 214 valence electrons. The standard InChI is InChI=1S/C31H45N3O5/c1-6-36-27-11-10-23(19-28(27)37-7-2)18-26-25-21-30(39-9-4)29(38-8-3)20-24(25)12-13-34(26)31(35)22-33-16-14-32(5)15-17-33/h10-11,19-21,26H,6-9,12-18,22H2,1-5H3/t26-/m1/s1. The summed E-state index contributed by atoms with van der Waals surface area (Å²) in [6, 6.07) is 10.2. The topological polar surface area (TPSA) is 63.7 Å². The summed E-state index contributed by atoms with van der Waals surface area (Å²) in [6.07, 6.45) is 1.47. The Balaban J connectivity index is 1.68. The van der Waals surface area contributed by atoms with Crippen LogP contribution in [0.25, 0.3) is 0 Å². The first kappa shape index (κ1) is 29.0. The van der Waals surface area contributed by atoms with Crippen LogP contribution in [0.2, 0.25) is 0 Å². The van der Waals surface area contributed by atoms with Crippen LogP contribution in [-0.4, -0.2) is 93.4 Å². The van der Waals surface area contributed by atoms with Crippen LogP contribution in [-0.2, 0) is 17.6 Å². The van der Waals surface area contributed by atoms with Gasteiger partial charge in [0.1, 0.15) is 0 Å². The molecule has 2 aromatic rings.